The summed E-state index contributed by atoms with van der Waals surface area (Å²) < 4.78 is 34.5. The summed E-state index contributed by atoms with van der Waals surface area (Å²) in [5, 5.41) is 28.3. The molecule has 0 spiro atoms. The molecule has 0 aliphatic rings. The Bertz CT molecular complexity index is 2220. The van der Waals surface area contributed by atoms with Crippen LogP contribution in [-0.4, -0.2) is 28.4 Å². The average molecular weight is 569 g/mol. The molecule has 10 nitrogen and oxygen atoms in total. The molecule has 0 fully saturated rings. The lowest BCUT2D eigenvalue weighted by Gasteiger charge is -2.25. The Morgan fingerprint density at radius 3 is 1.90 bits per heavy atom. The standard InChI is InChI=1S/C32H26O10/c1-13-7-18(33)26-22(41-13)10-15-9-20(38-4)28(31(40-6)23(15)29(26)35)25-17-11-16(37-3)12-21(39-5)24(17)30(36)27-19(34)8-14(2)42-32(25)27/h7-12,35-36H,1-6H3/p-2. The maximum absolute atomic E-state index is 13.9. The molecule has 0 bridgehead atoms. The van der Waals surface area contributed by atoms with Crippen molar-refractivity contribution in [2.24, 2.45) is 0 Å². The van der Waals surface area contributed by atoms with Crippen LogP contribution in [0.25, 0.3) is 54.6 Å². The average Bonchev–Trinajstić information content (AvgIpc) is 2.95. The third-order valence-electron chi connectivity index (χ3n) is 7.34. The van der Waals surface area contributed by atoms with Gasteiger partial charge in [-0.05, 0) is 37.4 Å². The van der Waals surface area contributed by atoms with Crippen molar-refractivity contribution in [3.63, 3.8) is 0 Å². The number of fused-ring (bicyclic) bond motifs is 4. The van der Waals surface area contributed by atoms with Gasteiger partial charge < -0.3 is 38.0 Å². The first-order chi connectivity index (χ1) is 20.1. The summed E-state index contributed by atoms with van der Waals surface area (Å²) in [4.78, 5) is 26.2. The SMILES string of the molecule is COc1cc(OC)c2c([O-])c3c(=O)cc(C)oc3c(-c3c(OC)cc4cc5oc(C)cc(=O)c5c([O-])c4c3OC)c2c1. The van der Waals surface area contributed by atoms with Crippen molar-refractivity contribution in [1.82, 2.24) is 0 Å². The lowest BCUT2D eigenvalue weighted by molar-refractivity contribution is -0.264. The third-order valence-corrected chi connectivity index (χ3v) is 7.34. The predicted octanol–water partition coefficient (Wildman–Crippen LogP) is 4.67. The van der Waals surface area contributed by atoms with Crippen LogP contribution in [-0.2, 0) is 0 Å². The van der Waals surface area contributed by atoms with Crippen LogP contribution in [0.3, 0.4) is 0 Å². The van der Waals surface area contributed by atoms with Crippen LogP contribution in [0.4, 0.5) is 0 Å². The molecule has 4 aromatic carbocycles. The van der Waals surface area contributed by atoms with Crippen molar-refractivity contribution >= 4 is 43.5 Å². The Morgan fingerprint density at radius 2 is 1.26 bits per heavy atom. The van der Waals surface area contributed by atoms with E-state index in [2.05, 4.69) is 0 Å². The second kappa shape index (κ2) is 9.62. The summed E-state index contributed by atoms with van der Waals surface area (Å²) in [6.45, 7) is 3.21. The van der Waals surface area contributed by atoms with Crippen LogP contribution in [0.15, 0.2) is 54.8 Å². The number of ether oxygens (including phenoxy) is 4. The van der Waals surface area contributed by atoms with Crippen LogP contribution in [0.5, 0.6) is 34.5 Å². The molecule has 0 N–H and O–H groups in total. The van der Waals surface area contributed by atoms with Crippen LogP contribution < -0.4 is 40.0 Å². The van der Waals surface area contributed by atoms with E-state index >= 15 is 0 Å². The molecule has 0 aliphatic heterocycles. The van der Waals surface area contributed by atoms with E-state index in [-0.39, 0.29) is 66.8 Å². The number of aryl methyl sites for hydroxylation is 2. The molecule has 0 atom stereocenters. The zero-order chi connectivity index (χ0) is 30.0. The summed E-state index contributed by atoms with van der Waals surface area (Å²) in [6.07, 6.45) is 0. The molecule has 42 heavy (non-hydrogen) atoms. The van der Waals surface area contributed by atoms with E-state index < -0.39 is 22.4 Å². The Kier molecular flexibility index (Phi) is 6.14. The van der Waals surface area contributed by atoms with Crippen molar-refractivity contribution in [2.45, 2.75) is 13.8 Å². The van der Waals surface area contributed by atoms with Gasteiger partial charge in [0.2, 0.25) is 0 Å². The monoisotopic (exact) mass is 568 g/mol. The normalized spacial score (nSPS) is 11.5. The summed E-state index contributed by atoms with van der Waals surface area (Å²) >= 11 is 0. The highest BCUT2D eigenvalue weighted by atomic mass is 16.5. The quantitative estimate of drug-likeness (QED) is 0.269. The first-order valence-electron chi connectivity index (χ1n) is 12.8. The topological polar surface area (TPSA) is 143 Å². The fraction of sp³-hybridized carbons (Fsp3) is 0.188. The van der Waals surface area contributed by atoms with Crippen molar-refractivity contribution < 1.29 is 38.0 Å². The van der Waals surface area contributed by atoms with E-state index in [1.807, 2.05) is 0 Å². The number of hydrogen-bond acceptors (Lipinski definition) is 10. The molecule has 10 heteroatoms. The minimum atomic E-state index is -0.612. The second-order valence-electron chi connectivity index (χ2n) is 9.77. The van der Waals surface area contributed by atoms with Gasteiger partial charge in [0.25, 0.3) is 0 Å². The highest BCUT2D eigenvalue weighted by molar-refractivity contribution is 6.20. The van der Waals surface area contributed by atoms with Gasteiger partial charge in [0.1, 0.15) is 45.7 Å². The maximum atomic E-state index is 13.9. The number of rotatable bonds is 5. The fourth-order valence-electron chi connectivity index (χ4n) is 5.62. The molecule has 2 heterocycles. The van der Waals surface area contributed by atoms with Crippen LogP contribution in [0, 0.1) is 13.8 Å². The van der Waals surface area contributed by atoms with Crippen LogP contribution in [0.2, 0.25) is 0 Å². The Balaban J connectivity index is 1.95. The molecule has 214 valence electrons. The Hall–Kier alpha value is -5.38. The van der Waals surface area contributed by atoms with Gasteiger partial charge in [-0.2, -0.15) is 0 Å². The summed E-state index contributed by atoms with van der Waals surface area (Å²) in [5.41, 5.74) is -0.503. The first kappa shape index (κ1) is 26.8. The lowest BCUT2D eigenvalue weighted by atomic mass is 9.90. The summed E-state index contributed by atoms with van der Waals surface area (Å²) in [6, 6.07) is 8.79. The molecule has 6 aromatic rings. The van der Waals surface area contributed by atoms with Gasteiger partial charge in [-0.3, -0.25) is 9.59 Å². The highest BCUT2D eigenvalue weighted by Crippen LogP contribution is 2.53. The van der Waals surface area contributed by atoms with E-state index in [9.17, 15) is 19.8 Å². The largest absolute Gasteiger partial charge is 0.871 e. The zero-order valence-electron chi connectivity index (χ0n) is 23.5. The number of benzene rings is 4. The summed E-state index contributed by atoms with van der Waals surface area (Å²) in [5.74, 6) is 0.202. The van der Waals surface area contributed by atoms with E-state index in [0.29, 0.717) is 22.3 Å². The zero-order valence-corrected chi connectivity index (χ0v) is 23.5. The first-order valence-corrected chi connectivity index (χ1v) is 12.8. The predicted molar refractivity (Wildman–Crippen MR) is 154 cm³/mol. The minimum absolute atomic E-state index is 0.0351. The Labute approximate surface area is 237 Å². The molecule has 0 saturated heterocycles. The van der Waals surface area contributed by atoms with E-state index in [1.165, 1.54) is 46.6 Å². The van der Waals surface area contributed by atoms with Gasteiger partial charge in [-0.25, -0.2) is 0 Å². The van der Waals surface area contributed by atoms with Crippen molar-refractivity contribution in [2.75, 3.05) is 28.4 Å². The molecule has 0 saturated carbocycles. The highest BCUT2D eigenvalue weighted by Gasteiger charge is 2.27. The van der Waals surface area contributed by atoms with Gasteiger partial charge in [-0.15, -0.1) is 0 Å². The molecule has 6 rings (SSSR count). The van der Waals surface area contributed by atoms with Gasteiger partial charge in [-0.1, -0.05) is 11.5 Å². The van der Waals surface area contributed by atoms with E-state index in [4.69, 9.17) is 27.8 Å². The van der Waals surface area contributed by atoms with E-state index in [0.717, 1.165) is 0 Å². The summed E-state index contributed by atoms with van der Waals surface area (Å²) in [7, 11) is 5.66. The number of hydrogen-bond donors (Lipinski definition) is 0. The molecule has 0 unspecified atom stereocenters. The smallest absolute Gasteiger partial charge is 0.192 e. The van der Waals surface area contributed by atoms with Gasteiger partial charge in [0.15, 0.2) is 10.9 Å². The van der Waals surface area contributed by atoms with E-state index in [1.54, 1.807) is 32.0 Å². The van der Waals surface area contributed by atoms with Crippen molar-refractivity contribution in [3.8, 4) is 45.6 Å². The van der Waals surface area contributed by atoms with Gasteiger partial charge >= 0.3 is 0 Å². The third kappa shape index (κ3) is 3.72. The lowest BCUT2D eigenvalue weighted by Crippen LogP contribution is -2.09. The second-order valence-corrected chi connectivity index (χ2v) is 9.77. The van der Waals surface area contributed by atoms with Crippen molar-refractivity contribution in [3.05, 3.63) is 68.4 Å². The van der Waals surface area contributed by atoms with Crippen LogP contribution in [0.1, 0.15) is 11.5 Å². The van der Waals surface area contributed by atoms with Crippen molar-refractivity contribution in [1.29, 1.82) is 0 Å². The fourth-order valence-corrected chi connectivity index (χ4v) is 5.62. The van der Waals surface area contributed by atoms with Gasteiger partial charge in [0.05, 0.1) is 44.8 Å². The molecular weight excluding hydrogens is 544 g/mol. The minimum Gasteiger partial charge on any atom is -0.871 e. The van der Waals surface area contributed by atoms with Crippen LogP contribution >= 0.6 is 0 Å². The molecular formula is C32H24O10-2. The molecule has 0 radical (unpaired) electrons. The number of methoxy groups -OCH3 is 4. The Morgan fingerprint density at radius 1 is 0.619 bits per heavy atom. The molecule has 0 amide bonds. The van der Waals surface area contributed by atoms with Gasteiger partial charge in [0, 0.05) is 39.9 Å². The maximum Gasteiger partial charge on any atom is 0.192 e. The molecule has 2 aromatic heterocycles. The molecule has 0 aliphatic carbocycles.